The number of hydrogen-bond acceptors (Lipinski definition) is 4. The number of allylic oxidation sites excluding steroid dienone is 1. The van der Waals surface area contributed by atoms with Gasteiger partial charge in [0.05, 0.1) is 0 Å². The van der Waals surface area contributed by atoms with Gasteiger partial charge in [-0.05, 0) is 72.3 Å². The van der Waals surface area contributed by atoms with Crippen LogP contribution in [0.1, 0.15) is 26.3 Å². The molecule has 0 saturated carbocycles. The van der Waals surface area contributed by atoms with E-state index in [1.165, 1.54) is 11.0 Å². The Morgan fingerprint density at radius 2 is 1.61 bits per heavy atom. The Kier molecular flexibility index (Phi) is 8.00. The van der Waals surface area contributed by atoms with Gasteiger partial charge in [-0.1, -0.05) is 29.8 Å². The zero-order valence-electron chi connectivity index (χ0n) is 18.2. The van der Waals surface area contributed by atoms with E-state index in [4.69, 9.17) is 16.3 Å². The fourth-order valence-electron chi connectivity index (χ4n) is 2.78. The summed E-state index contributed by atoms with van der Waals surface area (Å²) in [5.41, 5.74) is 2.36. The minimum Gasteiger partial charge on any atom is -0.484 e. The molecule has 0 fully saturated rings. The van der Waals surface area contributed by atoms with Crippen LogP contribution in [-0.4, -0.2) is 43.2 Å². The smallest absolute Gasteiger partial charge is 0.259 e. The summed E-state index contributed by atoms with van der Waals surface area (Å²) in [6.45, 7) is -0.0644. The molecule has 0 aromatic heterocycles. The highest BCUT2D eigenvalue weighted by atomic mass is 35.5. The monoisotopic (exact) mass is 462 g/mol. The molecule has 1 N–H and O–H groups in total. The number of amides is 2. The van der Waals surface area contributed by atoms with Crippen LogP contribution in [0.25, 0.3) is 6.08 Å². The van der Waals surface area contributed by atoms with Crippen molar-refractivity contribution in [2.45, 2.75) is 0 Å². The molecule has 168 valence electrons. The van der Waals surface area contributed by atoms with Crippen molar-refractivity contribution in [1.29, 1.82) is 0 Å². The summed E-state index contributed by atoms with van der Waals surface area (Å²) in [4.78, 5) is 37.9. The average molecular weight is 463 g/mol. The van der Waals surface area contributed by atoms with Crippen molar-refractivity contribution < 1.29 is 19.1 Å². The number of hydrogen-bond donors (Lipinski definition) is 1. The normalized spacial score (nSPS) is 10.6. The quantitative estimate of drug-likeness (QED) is 0.379. The van der Waals surface area contributed by atoms with Gasteiger partial charge in [0.25, 0.3) is 11.8 Å². The van der Waals surface area contributed by atoms with Crippen LogP contribution < -0.4 is 10.1 Å². The zero-order chi connectivity index (χ0) is 23.8. The third-order valence-corrected chi connectivity index (χ3v) is 4.93. The first-order valence-electron chi connectivity index (χ1n) is 10.1. The largest absolute Gasteiger partial charge is 0.484 e. The van der Waals surface area contributed by atoms with E-state index in [-0.39, 0.29) is 24.2 Å². The Labute approximate surface area is 197 Å². The number of carbonyl (C=O) groups is 3. The summed E-state index contributed by atoms with van der Waals surface area (Å²) in [5.74, 6) is -0.0699. The lowest BCUT2D eigenvalue weighted by Crippen LogP contribution is -2.27. The van der Waals surface area contributed by atoms with E-state index in [0.29, 0.717) is 27.6 Å². The predicted molar refractivity (Wildman–Crippen MR) is 130 cm³/mol. The molecule has 0 spiro atoms. The number of halogens is 1. The van der Waals surface area contributed by atoms with Crippen LogP contribution in [0.4, 0.5) is 5.69 Å². The van der Waals surface area contributed by atoms with E-state index in [1.807, 2.05) is 6.07 Å². The number of ketones is 1. The third kappa shape index (κ3) is 7.05. The molecule has 0 saturated heterocycles. The lowest BCUT2D eigenvalue weighted by molar-refractivity contribution is -0.130. The molecule has 0 radical (unpaired) electrons. The lowest BCUT2D eigenvalue weighted by atomic mass is 10.1. The van der Waals surface area contributed by atoms with Crippen LogP contribution in [0.3, 0.4) is 0 Å². The van der Waals surface area contributed by atoms with E-state index in [2.05, 4.69) is 5.32 Å². The second-order valence-corrected chi connectivity index (χ2v) is 7.82. The van der Waals surface area contributed by atoms with E-state index in [1.54, 1.807) is 86.9 Å². The number of rotatable bonds is 8. The van der Waals surface area contributed by atoms with Crippen LogP contribution in [0.2, 0.25) is 5.02 Å². The molecule has 0 heterocycles. The molecular formula is C26H23ClN2O4. The molecule has 0 aliphatic heterocycles. The van der Waals surface area contributed by atoms with Crippen molar-refractivity contribution in [2.75, 3.05) is 26.0 Å². The van der Waals surface area contributed by atoms with Crippen molar-refractivity contribution in [3.8, 4) is 5.75 Å². The SMILES string of the molecule is CN(C)C(=O)COc1ccc(C(=O)/C=C/c2cccc(NC(=O)c3ccc(Cl)cc3)c2)cc1. The third-order valence-electron chi connectivity index (χ3n) is 4.68. The van der Waals surface area contributed by atoms with E-state index in [0.717, 1.165) is 5.56 Å². The first-order chi connectivity index (χ1) is 15.8. The number of likely N-dealkylation sites (N-methyl/N-ethyl adjacent to an activating group) is 1. The van der Waals surface area contributed by atoms with Crippen molar-refractivity contribution >= 4 is 41.0 Å². The highest BCUT2D eigenvalue weighted by molar-refractivity contribution is 6.30. The molecule has 33 heavy (non-hydrogen) atoms. The first kappa shape index (κ1) is 23.8. The first-order valence-corrected chi connectivity index (χ1v) is 10.5. The molecule has 0 aliphatic carbocycles. The van der Waals surface area contributed by atoms with Crippen LogP contribution in [0, 0.1) is 0 Å². The summed E-state index contributed by atoms with van der Waals surface area (Å²) in [5, 5.41) is 3.39. The molecule has 0 aliphatic rings. The van der Waals surface area contributed by atoms with Crippen LogP contribution in [0.5, 0.6) is 5.75 Å². The van der Waals surface area contributed by atoms with Crippen LogP contribution >= 0.6 is 11.6 Å². The molecule has 2 amide bonds. The van der Waals surface area contributed by atoms with Gasteiger partial charge in [-0.2, -0.15) is 0 Å². The van der Waals surface area contributed by atoms with Gasteiger partial charge in [0.2, 0.25) is 0 Å². The second-order valence-electron chi connectivity index (χ2n) is 7.39. The summed E-state index contributed by atoms with van der Waals surface area (Å²) < 4.78 is 5.41. The standard InChI is InChI=1S/C26H23ClN2O4/c1-29(2)25(31)17-33-23-13-9-19(10-14-23)24(30)15-6-18-4-3-5-22(16-18)28-26(32)20-7-11-21(27)12-8-20/h3-16H,17H2,1-2H3,(H,28,32)/b15-6+. The van der Waals surface area contributed by atoms with Gasteiger partial charge in [-0.15, -0.1) is 0 Å². The molecule has 0 bridgehead atoms. The Bertz CT molecular complexity index is 1170. The topological polar surface area (TPSA) is 75.7 Å². The Hall–Kier alpha value is -3.90. The number of benzene rings is 3. The predicted octanol–water partition coefficient (Wildman–Crippen LogP) is 4.96. The van der Waals surface area contributed by atoms with Crippen molar-refractivity contribution in [3.63, 3.8) is 0 Å². The number of anilines is 1. The second kappa shape index (κ2) is 11.1. The summed E-state index contributed by atoms with van der Waals surface area (Å²) in [7, 11) is 3.31. The van der Waals surface area contributed by atoms with Crippen molar-refractivity contribution in [2.24, 2.45) is 0 Å². The fraction of sp³-hybridized carbons (Fsp3) is 0.115. The molecule has 0 unspecified atom stereocenters. The van der Waals surface area contributed by atoms with Gasteiger partial charge < -0.3 is 15.0 Å². The minimum absolute atomic E-state index is 0.0644. The summed E-state index contributed by atoms with van der Waals surface area (Å²) >= 11 is 5.86. The van der Waals surface area contributed by atoms with E-state index in [9.17, 15) is 14.4 Å². The van der Waals surface area contributed by atoms with E-state index >= 15 is 0 Å². The summed E-state index contributed by atoms with van der Waals surface area (Å²) in [6, 6.07) is 20.4. The number of carbonyl (C=O) groups excluding carboxylic acids is 3. The van der Waals surface area contributed by atoms with E-state index < -0.39 is 0 Å². The van der Waals surface area contributed by atoms with Gasteiger partial charge >= 0.3 is 0 Å². The minimum atomic E-state index is -0.251. The number of ether oxygens (including phenoxy) is 1. The zero-order valence-corrected chi connectivity index (χ0v) is 19.0. The van der Waals surface area contributed by atoms with Crippen LogP contribution in [0.15, 0.2) is 78.9 Å². The molecule has 3 rings (SSSR count). The van der Waals surface area contributed by atoms with Gasteiger partial charge in [0.15, 0.2) is 12.4 Å². The summed E-state index contributed by atoms with van der Waals surface area (Å²) in [6.07, 6.45) is 3.14. The van der Waals surface area contributed by atoms with Gasteiger partial charge in [0.1, 0.15) is 5.75 Å². The van der Waals surface area contributed by atoms with Gasteiger partial charge in [-0.25, -0.2) is 0 Å². The average Bonchev–Trinajstić information content (AvgIpc) is 2.82. The Morgan fingerprint density at radius 1 is 0.939 bits per heavy atom. The van der Waals surface area contributed by atoms with Gasteiger partial charge in [0, 0.05) is 35.9 Å². The maximum atomic E-state index is 12.5. The fourth-order valence-corrected chi connectivity index (χ4v) is 2.91. The molecule has 0 atom stereocenters. The highest BCUT2D eigenvalue weighted by Crippen LogP contribution is 2.17. The Morgan fingerprint density at radius 3 is 2.27 bits per heavy atom. The maximum Gasteiger partial charge on any atom is 0.259 e. The lowest BCUT2D eigenvalue weighted by Gasteiger charge is -2.11. The Balaban J connectivity index is 1.60. The van der Waals surface area contributed by atoms with Crippen molar-refractivity contribution in [3.05, 3.63) is 101 Å². The molecule has 6 nitrogen and oxygen atoms in total. The molecule has 3 aromatic carbocycles. The number of nitrogens with zero attached hydrogens (tertiary/aromatic N) is 1. The molecular weight excluding hydrogens is 440 g/mol. The van der Waals surface area contributed by atoms with Crippen molar-refractivity contribution in [1.82, 2.24) is 4.90 Å². The highest BCUT2D eigenvalue weighted by Gasteiger charge is 2.08. The van der Waals surface area contributed by atoms with Crippen LogP contribution in [-0.2, 0) is 4.79 Å². The molecule has 7 heteroatoms. The maximum absolute atomic E-state index is 12.5. The molecule has 3 aromatic rings. The van der Waals surface area contributed by atoms with Gasteiger partial charge in [-0.3, -0.25) is 14.4 Å². The number of nitrogens with one attached hydrogen (secondary N) is 1.